The van der Waals surface area contributed by atoms with Crippen LogP contribution in [0.4, 0.5) is 0 Å². The number of carbonyl (C=O) groups excluding carboxylic acids is 2. The summed E-state index contributed by atoms with van der Waals surface area (Å²) in [5.41, 5.74) is 0. The molecular formula is C7H10O4. The Balaban J connectivity index is 2.62. The van der Waals surface area contributed by atoms with E-state index in [0.29, 0.717) is 6.42 Å². The Morgan fingerprint density at radius 3 is 2.55 bits per heavy atom. The van der Waals surface area contributed by atoms with Gasteiger partial charge in [0, 0.05) is 0 Å². The lowest BCUT2D eigenvalue weighted by Gasteiger charge is -2.23. The zero-order valence-corrected chi connectivity index (χ0v) is 6.49. The maximum atomic E-state index is 10.8. The summed E-state index contributed by atoms with van der Waals surface area (Å²) in [4.78, 5) is 21.5. The molecule has 0 aliphatic carbocycles. The summed E-state index contributed by atoms with van der Waals surface area (Å²) in [6, 6.07) is 0. The van der Waals surface area contributed by atoms with Crippen LogP contribution in [0.2, 0.25) is 0 Å². The highest BCUT2D eigenvalue weighted by atomic mass is 16.6. The topological polar surface area (TPSA) is 52.6 Å². The molecule has 1 aliphatic rings. The van der Waals surface area contributed by atoms with Crippen molar-refractivity contribution in [2.45, 2.75) is 32.5 Å². The third-order valence-electron chi connectivity index (χ3n) is 1.54. The van der Waals surface area contributed by atoms with Gasteiger partial charge in [0.1, 0.15) is 0 Å². The van der Waals surface area contributed by atoms with Gasteiger partial charge in [-0.3, -0.25) is 0 Å². The van der Waals surface area contributed by atoms with Gasteiger partial charge in [-0.2, -0.15) is 0 Å². The molecule has 1 rings (SSSR count). The lowest BCUT2D eigenvalue weighted by Crippen LogP contribution is -2.42. The van der Waals surface area contributed by atoms with Crippen molar-refractivity contribution >= 4 is 11.9 Å². The van der Waals surface area contributed by atoms with Crippen molar-refractivity contribution in [1.29, 1.82) is 0 Å². The molecule has 0 aromatic carbocycles. The van der Waals surface area contributed by atoms with Gasteiger partial charge in [0.2, 0.25) is 0 Å². The number of rotatable bonds is 1. The van der Waals surface area contributed by atoms with Crippen molar-refractivity contribution < 1.29 is 19.1 Å². The van der Waals surface area contributed by atoms with Crippen molar-refractivity contribution in [1.82, 2.24) is 0 Å². The Kier molecular flexibility index (Phi) is 2.24. The summed E-state index contributed by atoms with van der Waals surface area (Å²) in [7, 11) is 0. The Hall–Kier alpha value is -0.900. The molecule has 1 aliphatic heterocycles. The quantitative estimate of drug-likeness (QED) is 0.405. The Morgan fingerprint density at radius 1 is 1.36 bits per heavy atom. The van der Waals surface area contributed by atoms with E-state index in [1.807, 2.05) is 0 Å². The first kappa shape index (κ1) is 8.20. The molecule has 4 heteroatoms. The largest absolute Gasteiger partial charge is 0.389 e. The Bertz CT molecular complexity index is 187. The SMILES string of the molecule is CCC1OC(C)C(=O)OC1=O. The summed E-state index contributed by atoms with van der Waals surface area (Å²) in [5.74, 6) is -1.17. The maximum absolute atomic E-state index is 10.8. The first-order valence-electron chi connectivity index (χ1n) is 3.56. The standard InChI is InChI=1S/C7H10O4/c1-3-5-7(9)11-6(8)4(2)10-5/h4-5H,3H2,1-2H3. The molecule has 0 bridgehead atoms. The minimum atomic E-state index is -0.613. The zero-order chi connectivity index (χ0) is 8.43. The van der Waals surface area contributed by atoms with Crippen molar-refractivity contribution in [3.05, 3.63) is 0 Å². The molecule has 2 atom stereocenters. The molecule has 11 heavy (non-hydrogen) atoms. The van der Waals surface area contributed by atoms with Crippen molar-refractivity contribution in [2.75, 3.05) is 0 Å². The fraction of sp³-hybridized carbons (Fsp3) is 0.714. The molecule has 4 nitrogen and oxygen atoms in total. The molecule has 1 saturated heterocycles. The fourth-order valence-electron chi connectivity index (χ4n) is 0.868. The van der Waals surface area contributed by atoms with E-state index in [2.05, 4.69) is 4.74 Å². The summed E-state index contributed by atoms with van der Waals surface area (Å²) in [5, 5.41) is 0. The first-order chi connectivity index (χ1) is 5.15. The number of cyclic esters (lactones) is 2. The van der Waals surface area contributed by atoms with E-state index < -0.39 is 24.1 Å². The van der Waals surface area contributed by atoms with Gasteiger partial charge in [0.05, 0.1) is 0 Å². The molecule has 1 heterocycles. The Morgan fingerprint density at radius 2 is 2.00 bits per heavy atom. The summed E-state index contributed by atoms with van der Waals surface area (Å²) >= 11 is 0. The highest BCUT2D eigenvalue weighted by Crippen LogP contribution is 2.12. The molecule has 0 aromatic rings. The van der Waals surface area contributed by atoms with Crippen LogP contribution in [0.5, 0.6) is 0 Å². The van der Waals surface area contributed by atoms with Crippen LogP contribution in [0.15, 0.2) is 0 Å². The van der Waals surface area contributed by atoms with Crippen LogP contribution in [0.3, 0.4) is 0 Å². The molecular weight excluding hydrogens is 148 g/mol. The predicted molar refractivity (Wildman–Crippen MR) is 35.7 cm³/mol. The number of hydrogen-bond acceptors (Lipinski definition) is 4. The predicted octanol–water partition coefficient (Wildman–Crippen LogP) is 0.254. The number of esters is 2. The second kappa shape index (κ2) is 3.00. The molecule has 0 saturated carbocycles. The highest BCUT2D eigenvalue weighted by Gasteiger charge is 2.33. The van der Waals surface area contributed by atoms with Gasteiger partial charge < -0.3 is 9.47 Å². The van der Waals surface area contributed by atoms with Crippen LogP contribution in [-0.4, -0.2) is 24.1 Å². The van der Waals surface area contributed by atoms with E-state index in [-0.39, 0.29) is 0 Å². The molecule has 0 radical (unpaired) electrons. The fourth-order valence-corrected chi connectivity index (χ4v) is 0.868. The van der Waals surface area contributed by atoms with Crippen molar-refractivity contribution in [3.63, 3.8) is 0 Å². The number of hydrogen-bond donors (Lipinski definition) is 0. The van der Waals surface area contributed by atoms with Gasteiger partial charge in [-0.15, -0.1) is 0 Å². The van der Waals surface area contributed by atoms with E-state index in [9.17, 15) is 9.59 Å². The van der Waals surface area contributed by atoms with Crippen LogP contribution in [0, 0.1) is 0 Å². The third-order valence-corrected chi connectivity index (χ3v) is 1.54. The van der Waals surface area contributed by atoms with Gasteiger partial charge in [0.15, 0.2) is 12.2 Å². The number of ether oxygens (including phenoxy) is 2. The minimum Gasteiger partial charge on any atom is -0.389 e. The highest BCUT2D eigenvalue weighted by molar-refractivity contribution is 5.92. The van der Waals surface area contributed by atoms with E-state index in [4.69, 9.17) is 4.74 Å². The third kappa shape index (κ3) is 1.57. The normalized spacial score (nSPS) is 31.8. The van der Waals surface area contributed by atoms with Gasteiger partial charge in [-0.25, -0.2) is 9.59 Å². The van der Waals surface area contributed by atoms with Gasteiger partial charge in [-0.1, -0.05) is 6.92 Å². The minimum absolute atomic E-state index is 0.538. The number of carbonyl (C=O) groups is 2. The van der Waals surface area contributed by atoms with Gasteiger partial charge in [0.25, 0.3) is 0 Å². The summed E-state index contributed by atoms with van der Waals surface area (Å²) < 4.78 is 9.44. The van der Waals surface area contributed by atoms with Crippen LogP contribution in [0.1, 0.15) is 20.3 Å². The van der Waals surface area contributed by atoms with E-state index >= 15 is 0 Å². The first-order valence-corrected chi connectivity index (χ1v) is 3.56. The zero-order valence-electron chi connectivity index (χ0n) is 6.49. The molecule has 0 amide bonds. The lowest BCUT2D eigenvalue weighted by atomic mass is 10.2. The molecule has 0 aromatic heterocycles. The maximum Gasteiger partial charge on any atom is 0.342 e. The average molecular weight is 158 g/mol. The van der Waals surface area contributed by atoms with Gasteiger partial charge in [-0.05, 0) is 13.3 Å². The van der Waals surface area contributed by atoms with Crippen molar-refractivity contribution in [2.24, 2.45) is 0 Å². The average Bonchev–Trinajstić information content (AvgIpc) is 1.97. The molecule has 62 valence electrons. The van der Waals surface area contributed by atoms with E-state index in [1.54, 1.807) is 13.8 Å². The monoisotopic (exact) mass is 158 g/mol. The van der Waals surface area contributed by atoms with Gasteiger partial charge >= 0.3 is 11.9 Å². The molecule has 0 N–H and O–H groups in total. The lowest BCUT2D eigenvalue weighted by molar-refractivity contribution is -0.192. The molecule has 0 spiro atoms. The van der Waals surface area contributed by atoms with Crippen LogP contribution < -0.4 is 0 Å². The van der Waals surface area contributed by atoms with Crippen LogP contribution in [0.25, 0.3) is 0 Å². The second-order valence-electron chi connectivity index (χ2n) is 2.42. The molecule has 2 unspecified atom stereocenters. The molecule has 1 fully saturated rings. The van der Waals surface area contributed by atoms with E-state index in [0.717, 1.165) is 0 Å². The van der Waals surface area contributed by atoms with E-state index in [1.165, 1.54) is 0 Å². The summed E-state index contributed by atoms with van der Waals surface area (Å²) in [6.07, 6.45) is -0.642. The smallest absolute Gasteiger partial charge is 0.342 e. The Labute approximate surface area is 64.5 Å². The van der Waals surface area contributed by atoms with Crippen molar-refractivity contribution in [3.8, 4) is 0 Å². The second-order valence-corrected chi connectivity index (χ2v) is 2.42. The van der Waals surface area contributed by atoms with Crippen LogP contribution >= 0.6 is 0 Å². The van der Waals surface area contributed by atoms with Crippen LogP contribution in [-0.2, 0) is 19.1 Å². The summed E-state index contributed by atoms with van der Waals surface area (Å²) in [6.45, 7) is 3.37.